The average Bonchev–Trinajstić information content (AvgIpc) is 3.03. The molecule has 1 aliphatic rings. The van der Waals surface area contributed by atoms with Crippen LogP contribution in [0.1, 0.15) is 18.4 Å². The number of aryl methyl sites for hydroxylation is 1. The van der Waals surface area contributed by atoms with Gasteiger partial charge in [0.1, 0.15) is 0 Å². The zero-order valence-electron chi connectivity index (χ0n) is 12.3. The molecule has 1 unspecified atom stereocenters. The normalized spacial score (nSPS) is 20.8. The lowest BCUT2D eigenvalue weighted by Gasteiger charge is -2.27. The molecule has 1 aromatic heterocycles. The van der Waals surface area contributed by atoms with Crippen molar-refractivity contribution in [1.29, 1.82) is 0 Å². The molecular weight excluding hydrogens is 282 g/mol. The molecule has 3 rings (SSSR count). The predicted molar refractivity (Wildman–Crippen MR) is 81.4 cm³/mol. The van der Waals surface area contributed by atoms with Gasteiger partial charge in [0.2, 0.25) is 0 Å². The minimum absolute atomic E-state index is 0.229. The molecule has 0 bridgehead atoms. The maximum absolute atomic E-state index is 12.8. The number of carbonyl (C=O) groups excluding carboxylic acids is 1. The molecule has 1 atom stereocenters. The zero-order valence-corrected chi connectivity index (χ0v) is 12.3. The highest BCUT2D eigenvalue weighted by molar-refractivity contribution is 5.97. The van der Waals surface area contributed by atoms with E-state index >= 15 is 0 Å². The van der Waals surface area contributed by atoms with E-state index in [1.54, 1.807) is 0 Å². The van der Waals surface area contributed by atoms with Crippen molar-refractivity contribution >= 4 is 11.7 Å². The molecule has 1 saturated heterocycles. The highest BCUT2D eigenvalue weighted by Crippen LogP contribution is 2.37. The molecule has 1 fully saturated rings. The van der Waals surface area contributed by atoms with Crippen molar-refractivity contribution in [1.82, 2.24) is 9.78 Å². The van der Waals surface area contributed by atoms with E-state index in [2.05, 4.69) is 10.4 Å². The van der Waals surface area contributed by atoms with Gasteiger partial charge < -0.3 is 10.1 Å². The Balaban J connectivity index is 1.91. The summed E-state index contributed by atoms with van der Waals surface area (Å²) in [6, 6.07) is 12.3. The SMILES string of the molecule is Cn1nc(NC(=O)C2(c3ccccc3)CCCO2)ccc1=O. The second-order valence-corrected chi connectivity index (χ2v) is 5.28. The smallest absolute Gasteiger partial charge is 0.266 e. The Morgan fingerprint density at radius 3 is 2.68 bits per heavy atom. The number of nitrogens with one attached hydrogen (secondary N) is 1. The first-order valence-corrected chi connectivity index (χ1v) is 7.17. The Hall–Kier alpha value is -2.47. The van der Waals surface area contributed by atoms with E-state index in [0.717, 1.165) is 12.0 Å². The molecule has 6 nitrogen and oxygen atoms in total. The summed E-state index contributed by atoms with van der Waals surface area (Å²) in [5.74, 6) is 0.0697. The van der Waals surface area contributed by atoms with Gasteiger partial charge in [-0.3, -0.25) is 9.59 Å². The summed E-state index contributed by atoms with van der Waals surface area (Å²) in [4.78, 5) is 24.1. The summed E-state index contributed by atoms with van der Waals surface area (Å²) in [6.45, 7) is 0.545. The minimum atomic E-state index is -0.988. The van der Waals surface area contributed by atoms with Crippen molar-refractivity contribution in [2.24, 2.45) is 7.05 Å². The number of aromatic nitrogens is 2. The Bertz CT molecular complexity index is 734. The highest BCUT2D eigenvalue weighted by atomic mass is 16.5. The van der Waals surface area contributed by atoms with E-state index in [-0.39, 0.29) is 11.5 Å². The number of amides is 1. The van der Waals surface area contributed by atoms with Crippen LogP contribution in [0.3, 0.4) is 0 Å². The number of anilines is 1. The maximum atomic E-state index is 12.8. The van der Waals surface area contributed by atoms with Crippen LogP contribution in [0.25, 0.3) is 0 Å². The first kappa shape index (κ1) is 14.5. The zero-order chi connectivity index (χ0) is 15.6. The van der Waals surface area contributed by atoms with Gasteiger partial charge >= 0.3 is 0 Å². The van der Waals surface area contributed by atoms with Gasteiger partial charge in [-0.2, -0.15) is 5.10 Å². The molecule has 1 amide bonds. The van der Waals surface area contributed by atoms with Crippen LogP contribution in [-0.2, 0) is 22.2 Å². The van der Waals surface area contributed by atoms with Crippen LogP contribution in [0.5, 0.6) is 0 Å². The number of rotatable bonds is 3. The Morgan fingerprint density at radius 2 is 2.05 bits per heavy atom. The molecule has 0 spiro atoms. The van der Waals surface area contributed by atoms with Crippen LogP contribution < -0.4 is 10.9 Å². The lowest BCUT2D eigenvalue weighted by molar-refractivity contribution is -0.136. The number of hydrogen-bond donors (Lipinski definition) is 1. The van der Waals surface area contributed by atoms with Gasteiger partial charge in [-0.1, -0.05) is 30.3 Å². The average molecular weight is 299 g/mol. The van der Waals surface area contributed by atoms with Crippen LogP contribution in [0.15, 0.2) is 47.3 Å². The molecule has 0 aliphatic carbocycles. The van der Waals surface area contributed by atoms with Gasteiger partial charge in [0.25, 0.3) is 11.5 Å². The number of ether oxygens (including phenoxy) is 1. The quantitative estimate of drug-likeness (QED) is 0.930. The fourth-order valence-corrected chi connectivity index (χ4v) is 2.67. The monoisotopic (exact) mass is 299 g/mol. The summed E-state index contributed by atoms with van der Waals surface area (Å²) in [5, 5.41) is 6.78. The van der Waals surface area contributed by atoms with Gasteiger partial charge in [-0.05, 0) is 24.5 Å². The summed E-state index contributed by atoms with van der Waals surface area (Å²) in [5.41, 5.74) is -0.389. The van der Waals surface area contributed by atoms with Crippen LogP contribution in [0, 0.1) is 0 Å². The molecule has 0 radical (unpaired) electrons. The molecule has 114 valence electrons. The topological polar surface area (TPSA) is 73.2 Å². The molecule has 0 saturated carbocycles. The van der Waals surface area contributed by atoms with E-state index in [0.29, 0.717) is 18.8 Å². The van der Waals surface area contributed by atoms with E-state index in [4.69, 9.17) is 4.74 Å². The molecular formula is C16H17N3O3. The Morgan fingerprint density at radius 1 is 1.27 bits per heavy atom. The van der Waals surface area contributed by atoms with E-state index in [9.17, 15) is 9.59 Å². The number of carbonyl (C=O) groups is 1. The van der Waals surface area contributed by atoms with Crippen molar-refractivity contribution in [3.8, 4) is 0 Å². The highest BCUT2D eigenvalue weighted by Gasteiger charge is 2.44. The van der Waals surface area contributed by atoms with Gasteiger partial charge in [-0.15, -0.1) is 0 Å². The molecule has 2 aromatic rings. The van der Waals surface area contributed by atoms with Crippen LogP contribution in [-0.4, -0.2) is 22.3 Å². The molecule has 6 heteroatoms. The van der Waals surface area contributed by atoms with Crippen molar-refractivity contribution in [2.75, 3.05) is 11.9 Å². The molecule has 1 aromatic carbocycles. The molecule has 2 heterocycles. The molecule has 1 aliphatic heterocycles. The second-order valence-electron chi connectivity index (χ2n) is 5.28. The van der Waals surface area contributed by atoms with Crippen molar-refractivity contribution in [2.45, 2.75) is 18.4 Å². The van der Waals surface area contributed by atoms with Crippen LogP contribution in [0.4, 0.5) is 5.82 Å². The summed E-state index contributed by atoms with van der Waals surface area (Å²) >= 11 is 0. The first-order chi connectivity index (χ1) is 10.6. The lowest BCUT2D eigenvalue weighted by atomic mass is 9.90. The molecule has 1 N–H and O–H groups in total. The second kappa shape index (κ2) is 5.73. The minimum Gasteiger partial charge on any atom is -0.360 e. The third-order valence-corrected chi connectivity index (χ3v) is 3.83. The summed E-state index contributed by atoms with van der Waals surface area (Å²) in [7, 11) is 1.54. The van der Waals surface area contributed by atoms with E-state index in [1.165, 1.54) is 23.9 Å². The van der Waals surface area contributed by atoms with Gasteiger partial charge in [0.15, 0.2) is 11.4 Å². The van der Waals surface area contributed by atoms with Gasteiger partial charge in [0.05, 0.1) is 0 Å². The fourth-order valence-electron chi connectivity index (χ4n) is 2.67. The number of benzene rings is 1. The third kappa shape index (κ3) is 2.53. The van der Waals surface area contributed by atoms with Crippen molar-refractivity contribution in [3.63, 3.8) is 0 Å². The number of nitrogens with zero attached hydrogens (tertiary/aromatic N) is 2. The summed E-state index contributed by atoms with van der Waals surface area (Å²) in [6.07, 6.45) is 1.44. The predicted octanol–water partition coefficient (Wildman–Crippen LogP) is 1.42. The third-order valence-electron chi connectivity index (χ3n) is 3.83. The fraction of sp³-hybridized carbons (Fsp3) is 0.312. The number of hydrogen-bond acceptors (Lipinski definition) is 4. The van der Waals surface area contributed by atoms with Crippen LogP contribution in [0.2, 0.25) is 0 Å². The summed E-state index contributed by atoms with van der Waals surface area (Å²) < 4.78 is 6.99. The standard InChI is InChI=1S/C16H17N3O3/c1-19-14(20)9-8-13(18-19)17-15(21)16(10-5-11-22-16)12-6-3-2-4-7-12/h2-4,6-9H,5,10-11H2,1H3,(H,17,18,21). The Labute approximate surface area is 127 Å². The van der Waals surface area contributed by atoms with Gasteiger partial charge in [0, 0.05) is 19.7 Å². The van der Waals surface area contributed by atoms with Crippen molar-refractivity contribution < 1.29 is 9.53 Å². The van der Waals surface area contributed by atoms with E-state index in [1.807, 2.05) is 30.3 Å². The largest absolute Gasteiger partial charge is 0.360 e. The van der Waals surface area contributed by atoms with Crippen LogP contribution >= 0.6 is 0 Å². The Kier molecular flexibility index (Phi) is 3.77. The maximum Gasteiger partial charge on any atom is 0.266 e. The van der Waals surface area contributed by atoms with Gasteiger partial charge in [-0.25, -0.2) is 4.68 Å². The van der Waals surface area contributed by atoms with E-state index < -0.39 is 5.60 Å². The molecule has 22 heavy (non-hydrogen) atoms. The first-order valence-electron chi connectivity index (χ1n) is 7.17. The lowest BCUT2D eigenvalue weighted by Crippen LogP contribution is -2.40. The van der Waals surface area contributed by atoms with Crippen molar-refractivity contribution in [3.05, 3.63) is 58.4 Å².